The molecule has 1 saturated carbocycles. The van der Waals surface area contributed by atoms with E-state index >= 15 is 0 Å². The van der Waals surface area contributed by atoms with Crippen LogP contribution in [-0.4, -0.2) is 46.2 Å². The van der Waals surface area contributed by atoms with Gasteiger partial charge in [-0.3, -0.25) is 4.90 Å². The molecule has 55 heavy (non-hydrogen) atoms. The molecule has 286 valence electrons. The van der Waals surface area contributed by atoms with Gasteiger partial charge in [0.15, 0.2) is 0 Å². The third-order valence-corrected chi connectivity index (χ3v) is 17.0. The first-order valence-electron chi connectivity index (χ1n) is 22.6. The lowest BCUT2D eigenvalue weighted by atomic mass is 9.25. The quantitative estimate of drug-likeness (QED) is 0.231. The molecular formula is C51H63BN2O. The summed E-state index contributed by atoms with van der Waals surface area (Å²) in [6.45, 7) is 12.9. The van der Waals surface area contributed by atoms with Crippen molar-refractivity contribution in [2.24, 2.45) is 17.3 Å². The van der Waals surface area contributed by atoms with Crippen LogP contribution < -0.4 is 4.74 Å². The Morgan fingerprint density at radius 2 is 1.71 bits per heavy atom. The van der Waals surface area contributed by atoms with Crippen molar-refractivity contribution in [1.82, 2.24) is 9.80 Å². The summed E-state index contributed by atoms with van der Waals surface area (Å²) in [5.74, 6) is 3.03. The van der Waals surface area contributed by atoms with Gasteiger partial charge in [0.25, 0.3) is 0 Å². The molecule has 0 aromatic heterocycles. The van der Waals surface area contributed by atoms with Gasteiger partial charge in [-0.2, -0.15) is 0 Å². The van der Waals surface area contributed by atoms with Gasteiger partial charge in [-0.1, -0.05) is 118 Å². The summed E-state index contributed by atoms with van der Waals surface area (Å²) >= 11 is 0. The molecule has 5 aliphatic carbocycles. The molecule has 0 N–H and O–H groups in total. The van der Waals surface area contributed by atoms with E-state index in [0.29, 0.717) is 47.9 Å². The lowest BCUT2D eigenvalue weighted by Crippen LogP contribution is -2.68. The zero-order valence-electron chi connectivity index (χ0n) is 34.3. The van der Waals surface area contributed by atoms with Gasteiger partial charge in [0.1, 0.15) is 11.8 Å². The van der Waals surface area contributed by atoms with Crippen LogP contribution in [0, 0.1) is 17.3 Å². The largest absolute Gasteiger partial charge is 0.496 e. The summed E-state index contributed by atoms with van der Waals surface area (Å²) < 4.78 is 7.58. The zero-order valence-corrected chi connectivity index (χ0v) is 34.3. The average Bonchev–Trinajstić information content (AvgIpc) is 3.67. The van der Waals surface area contributed by atoms with E-state index in [4.69, 9.17) is 4.74 Å². The fraction of sp³-hybridized carbons (Fsp3) is 0.569. The lowest BCUT2D eigenvalue weighted by molar-refractivity contribution is -0.00116. The number of ether oxygens (including phenoxy) is 1. The number of hydrogen-bond acceptors (Lipinski definition) is 3. The number of rotatable bonds is 3. The van der Waals surface area contributed by atoms with Crippen molar-refractivity contribution >= 4 is 12.3 Å². The molecular weight excluding hydrogens is 667 g/mol. The maximum atomic E-state index is 7.58. The van der Waals surface area contributed by atoms with Crippen LogP contribution in [0.3, 0.4) is 0 Å². The van der Waals surface area contributed by atoms with Crippen molar-refractivity contribution in [1.29, 1.82) is 0 Å². The minimum Gasteiger partial charge on any atom is -0.496 e. The smallest absolute Gasteiger partial charge is 0.236 e. The van der Waals surface area contributed by atoms with E-state index in [1.54, 1.807) is 11.2 Å². The van der Waals surface area contributed by atoms with Crippen LogP contribution in [0.5, 0.6) is 5.75 Å². The minimum absolute atomic E-state index is 0.0792. The van der Waals surface area contributed by atoms with Gasteiger partial charge in [-0.25, -0.2) is 0 Å². The predicted molar refractivity (Wildman–Crippen MR) is 228 cm³/mol. The first kappa shape index (κ1) is 35.0. The normalized spacial score (nSPS) is 35.4. The Morgan fingerprint density at radius 1 is 0.873 bits per heavy atom. The third-order valence-electron chi connectivity index (χ3n) is 17.0. The minimum atomic E-state index is 0.0792. The zero-order chi connectivity index (χ0) is 37.3. The Morgan fingerprint density at radius 3 is 2.45 bits per heavy atom. The van der Waals surface area contributed by atoms with Crippen molar-refractivity contribution in [2.45, 2.75) is 165 Å². The maximum absolute atomic E-state index is 7.58. The first-order valence-corrected chi connectivity index (χ1v) is 22.6. The molecule has 2 aromatic rings. The summed E-state index contributed by atoms with van der Waals surface area (Å²) in [6, 6.07) is 20.4. The monoisotopic (exact) mass is 731 g/mol. The molecule has 11 rings (SSSR count). The van der Waals surface area contributed by atoms with E-state index in [-0.39, 0.29) is 23.0 Å². The molecule has 2 saturated heterocycles. The SMILES string of the molecule is CC(C)(C)c1ccc2c(c1)C1C(O2)B2C3=C(C=C(c4ccccc4)CC3N3C4C2C=C(C2CC=CCC2)CC4C2(CCCCC2)C3(C)C)N1C1C=CCCC1. The van der Waals surface area contributed by atoms with Gasteiger partial charge in [0.2, 0.25) is 6.71 Å². The molecule has 4 aliphatic heterocycles. The summed E-state index contributed by atoms with van der Waals surface area (Å²) in [5, 5.41) is 0. The fourth-order valence-corrected chi connectivity index (χ4v) is 14.6. The predicted octanol–water partition coefficient (Wildman–Crippen LogP) is 12.0. The Bertz CT molecular complexity index is 2020. The van der Waals surface area contributed by atoms with Crippen molar-refractivity contribution < 1.29 is 4.74 Å². The molecule has 9 aliphatic rings. The van der Waals surface area contributed by atoms with E-state index in [1.807, 2.05) is 5.57 Å². The second kappa shape index (κ2) is 12.6. The molecule has 2 aromatic carbocycles. The van der Waals surface area contributed by atoms with E-state index in [1.165, 1.54) is 99.3 Å². The molecule has 4 heteroatoms. The van der Waals surface area contributed by atoms with E-state index in [0.717, 1.165) is 12.2 Å². The second-order valence-corrected chi connectivity index (χ2v) is 20.8. The third kappa shape index (κ3) is 5.04. The number of benzene rings is 2. The standard InChI is InChI=1S/C51H63BN2O/c1-49(2,3)37-24-25-44-39(32-37)46-48(55-44)52-41-29-35(33-18-10-6-11-19-33)28-40-47(41)54(50(4,5)51(40)26-16-9-17-27-51)43-31-36(34-20-12-7-13-21-34)30-42(45(43)52)53(46)38-22-14-8-15-23-38/h6-7,10,12-14,20-22,24-25,29-30,32-33,38,40-41,43,46-48H,8-9,11,15-19,23,26-28,31H2,1-5H3. The van der Waals surface area contributed by atoms with Crippen LogP contribution in [0.25, 0.3) is 5.57 Å². The highest BCUT2D eigenvalue weighted by molar-refractivity contribution is 6.72. The van der Waals surface area contributed by atoms with Gasteiger partial charge in [-0.15, -0.1) is 0 Å². The molecule has 8 atom stereocenters. The van der Waals surface area contributed by atoms with Crippen molar-refractivity contribution in [3.8, 4) is 5.75 Å². The second-order valence-electron chi connectivity index (χ2n) is 20.8. The maximum Gasteiger partial charge on any atom is 0.236 e. The van der Waals surface area contributed by atoms with Crippen LogP contribution in [0.1, 0.15) is 141 Å². The highest BCUT2D eigenvalue weighted by atomic mass is 16.5. The van der Waals surface area contributed by atoms with Gasteiger partial charge in [-0.05, 0) is 141 Å². The topological polar surface area (TPSA) is 15.7 Å². The van der Waals surface area contributed by atoms with Crippen LogP contribution >= 0.6 is 0 Å². The van der Waals surface area contributed by atoms with E-state index < -0.39 is 0 Å². The number of nitrogens with zero attached hydrogens (tertiary/aromatic N) is 2. The number of fused-ring (bicyclic) bond motifs is 7. The van der Waals surface area contributed by atoms with Gasteiger partial charge < -0.3 is 9.64 Å². The Hall–Kier alpha value is -3.24. The Kier molecular flexibility index (Phi) is 8.03. The summed E-state index contributed by atoms with van der Waals surface area (Å²) in [6.07, 6.45) is 32.5. The molecule has 1 spiro atoms. The van der Waals surface area contributed by atoms with Crippen LogP contribution in [0.15, 0.2) is 102 Å². The average molecular weight is 731 g/mol. The summed E-state index contributed by atoms with van der Waals surface area (Å²) in [4.78, 5) is 6.16. The summed E-state index contributed by atoms with van der Waals surface area (Å²) in [7, 11) is 0. The molecule has 0 radical (unpaired) electrons. The molecule has 3 fully saturated rings. The van der Waals surface area contributed by atoms with Crippen LogP contribution in [0.4, 0.5) is 0 Å². The summed E-state index contributed by atoms with van der Waals surface area (Å²) in [5.41, 5.74) is 11.4. The van der Waals surface area contributed by atoms with Crippen molar-refractivity contribution in [3.05, 3.63) is 118 Å². The van der Waals surface area contributed by atoms with Crippen LogP contribution in [-0.2, 0) is 5.41 Å². The fourth-order valence-electron chi connectivity index (χ4n) is 14.6. The molecule has 3 nitrogen and oxygen atoms in total. The molecule has 0 amide bonds. The van der Waals surface area contributed by atoms with Gasteiger partial charge in [0, 0.05) is 34.9 Å². The Balaban J connectivity index is 1.18. The highest BCUT2D eigenvalue weighted by Crippen LogP contribution is 2.70. The van der Waals surface area contributed by atoms with E-state index in [2.05, 4.69) is 129 Å². The lowest BCUT2D eigenvalue weighted by Gasteiger charge is -2.60. The molecule has 0 bridgehead atoms. The van der Waals surface area contributed by atoms with Crippen molar-refractivity contribution in [3.63, 3.8) is 0 Å². The molecule has 8 unspecified atom stereocenters. The number of allylic oxidation sites excluding steroid dienone is 5. The van der Waals surface area contributed by atoms with Crippen molar-refractivity contribution in [2.75, 3.05) is 0 Å². The highest BCUT2D eigenvalue weighted by Gasteiger charge is 2.72. The van der Waals surface area contributed by atoms with Crippen LogP contribution in [0.2, 0.25) is 5.82 Å². The Labute approximate surface area is 332 Å². The number of hydrogen-bond donors (Lipinski definition) is 0. The van der Waals surface area contributed by atoms with Gasteiger partial charge >= 0.3 is 0 Å². The van der Waals surface area contributed by atoms with Gasteiger partial charge in [0.05, 0.1) is 6.04 Å². The first-order chi connectivity index (χ1) is 26.7. The van der Waals surface area contributed by atoms with E-state index in [9.17, 15) is 0 Å². The molecule has 4 heterocycles.